The van der Waals surface area contributed by atoms with Gasteiger partial charge in [-0.05, 0) is 44.7 Å². The Bertz CT molecular complexity index is 1210. The van der Waals surface area contributed by atoms with E-state index < -0.39 is 30.0 Å². The maximum absolute atomic E-state index is 14.1. The van der Waals surface area contributed by atoms with Gasteiger partial charge in [0.1, 0.15) is 11.4 Å². The summed E-state index contributed by atoms with van der Waals surface area (Å²) in [6.07, 6.45) is 3.15. The van der Waals surface area contributed by atoms with E-state index in [1.807, 2.05) is 18.7 Å². The average molecular weight is 500 g/mol. The van der Waals surface area contributed by atoms with Crippen LogP contribution >= 0.6 is 0 Å². The van der Waals surface area contributed by atoms with E-state index in [4.69, 9.17) is 4.52 Å². The monoisotopic (exact) mass is 499 g/mol. The van der Waals surface area contributed by atoms with E-state index in [9.17, 15) is 14.0 Å². The van der Waals surface area contributed by atoms with E-state index in [-0.39, 0.29) is 35.7 Å². The Morgan fingerprint density at radius 3 is 2.72 bits per heavy atom. The summed E-state index contributed by atoms with van der Waals surface area (Å²) in [6.45, 7) is 8.37. The lowest BCUT2D eigenvalue weighted by Crippen LogP contribution is -2.50. The molecule has 0 bridgehead atoms. The number of fused-ring (bicyclic) bond motifs is 1. The number of hydrogen-bond donors (Lipinski definition) is 2. The number of carbonyl (C=O) groups is 2. The minimum absolute atomic E-state index is 0.0458. The van der Waals surface area contributed by atoms with Crippen LogP contribution in [0.15, 0.2) is 32.7 Å². The maximum atomic E-state index is 14.1. The van der Waals surface area contributed by atoms with Gasteiger partial charge in [0.15, 0.2) is 17.8 Å². The summed E-state index contributed by atoms with van der Waals surface area (Å²) in [5, 5.41) is 10.4. The van der Waals surface area contributed by atoms with Crippen LogP contribution in [-0.4, -0.2) is 57.7 Å². The lowest BCUT2D eigenvalue weighted by molar-refractivity contribution is -0.137. The molecule has 194 valence electrons. The molecule has 2 N–H and O–H groups in total. The van der Waals surface area contributed by atoms with Crippen molar-refractivity contribution >= 4 is 17.8 Å². The molecule has 2 aromatic rings. The second-order valence-electron chi connectivity index (χ2n) is 9.74. The quantitative estimate of drug-likeness (QED) is 0.544. The number of benzene rings is 1. The van der Waals surface area contributed by atoms with Crippen molar-refractivity contribution in [1.29, 1.82) is 0 Å². The molecule has 0 spiro atoms. The fraction of sp³-hybridized carbons (Fsp3) is 0.600. The number of hydrogen-bond acceptors (Lipinski definition) is 8. The van der Waals surface area contributed by atoms with Gasteiger partial charge < -0.3 is 20.1 Å². The van der Waals surface area contributed by atoms with Crippen molar-refractivity contribution in [3.63, 3.8) is 0 Å². The van der Waals surface area contributed by atoms with Crippen molar-refractivity contribution in [3.05, 3.63) is 40.6 Å². The number of rotatable bonds is 9. The van der Waals surface area contributed by atoms with Gasteiger partial charge in [-0.25, -0.2) is 4.39 Å². The first kappa shape index (κ1) is 25.7. The molecule has 1 fully saturated rings. The standard InChI is InChI=1S/C25H34FN7O3/c1-5-16-9-6-7-12-33(16)20(34)13-19(29-25-31-22(14(2)3)32-36-25)24(35)27-15(4)23-28-18-11-8-10-17(26)21(18)30-23/h8,10-11,14-16,19,23H,5-7,9,12-13H2,1-4H3,(H,27,35)(H,29,31,32)/t15-,16-,19-,23?/m0/s1. The summed E-state index contributed by atoms with van der Waals surface area (Å²) in [6, 6.07) is 3.36. The first-order chi connectivity index (χ1) is 17.3. The van der Waals surface area contributed by atoms with Crippen LogP contribution in [0.2, 0.25) is 0 Å². The lowest BCUT2D eigenvalue weighted by Gasteiger charge is -2.36. The number of piperidine rings is 1. The molecule has 4 atom stereocenters. The van der Waals surface area contributed by atoms with Crippen molar-refractivity contribution in [2.75, 3.05) is 11.9 Å². The number of halogens is 1. The summed E-state index contributed by atoms with van der Waals surface area (Å²) in [7, 11) is 0. The van der Waals surface area contributed by atoms with Crippen molar-refractivity contribution < 1.29 is 18.5 Å². The number of anilines is 1. The van der Waals surface area contributed by atoms with Gasteiger partial charge in [-0.15, -0.1) is 0 Å². The highest BCUT2D eigenvalue weighted by molar-refractivity contribution is 5.90. The van der Waals surface area contributed by atoms with Crippen LogP contribution in [0.3, 0.4) is 0 Å². The summed E-state index contributed by atoms with van der Waals surface area (Å²) in [5.41, 5.74) is 0. The molecular weight excluding hydrogens is 465 g/mol. The molecule has 0 radical (unpaired) electrons. The molecule has 0 saturated carbocycles. The van der Waals surface area contributed by atoms with Crippen LogP contribution in [0.4, 0.5) is 10.4 Å². The minimum atomic E-state index is -0.944. The van der Waals surface area contributed by atoms with E-state index >= 15 is 0 Å². The molecule has 3 heterocycles. The first-order valence-electron chi connectivity index (χ1n) is 12.7. The van der Waals surface area contributed by atoms with Gasteiger partial charge >= 0.3 is 6.01 Å². The summed E-state index contributed by atoms with van der Waals surface area (Å²) >= 11 is 0. The Morgan fingerprint density at radius 2 is 2.03 bits per heavy atom. The van der Waals surface area contributed by atoms with Crippen LogP contribution in [-0.2, 0) is 9.59 Å². The topological polar surface area (TPSA) is 125 Å². The second kappa shape index (κ2) is 11.1. The maximum Gasteiger partial charge on any atom is 0.322 e. The highest BCUT2D eigenvalue weighted by atomic mass is 19.1. The summed E-state index contributed by atoms with van der Waals surface area (Å²) in [4.78, 5) is 41.6. The van der Waals surface area contributed by atoms with Gasteiger partial charge in [0.25, 0.3) is 0 Å². The Labute approximate surface area is 209 Å². The number of nitrogens with one attached hydrogen (secondary N) is 2. The predicted octanol–water partition coefficient (Wildman–Crippen LogP) is 2.08. The SMILES string of the molecule is CC[C@H]1CCCCN1C(=O)C[C@H](Nc1nc(C(C)C)no1)C(=O)N[C@@H](C)C1N=c2cccc(F)c2=N1. The van der Waals surface area contributed by atoms with Crippen LogP contribution in [0.1, 0.15) is 71.5 Å². The number of amides is 2. The molecule has 2 amide bonds. The third-order valence-corrected chi connectivity index (χ3v) is 6.69. The highest BCUT2D eigenvalue weighted by Crippen LogP contribution is 2.22. The van der Waals surface area contributed by atoms with Crippen LogP contribution in [0.5, 0.6) is 0 Å². The van der Waals surface area contributed by atoms with Crippen molar-refractivity contribution in [2.45, 2.75) is 90.0 Å². The zero-order chi connectivity index (χ0) is 25.8. The Morgan fingerprint density at radius 1 is 1.22 bits per heavy atom. The largest absolute Gasteiger partial charge is 0.348 e. The lowest BCUT2D eigenvalue weighted by atomic mass is 9.99. The molecule has 1 aromatic carbocycles. The molecule has 1 saturated heterocycles. The normalized spacial score (nSPS) is 20.8. The van der Waals surface area contributed by atoms with Crippen LogP contribution in [0.25, 0.3) is 0 Å². The number of para-hydroxylation sites is 1. The molecule has 0 aliphatic carbocycles. The van der Waals surface area contributed by atoms with Crippen LogP contribution in [0, 0.1) is 5.82 Å². The fourth-order valence-corrected chi connectivity index (χ4v) is 4.59. The molecule has 1 unspecified atom stereocenters. The predicted molar refractivity (Wildman–Crippen MR) is 130 cm³/mol. The number of aromatic nitrogens is 2. The van der Waals surface area contributed by atoms with E-state index in [1.165, 1.54) is 6.07 Å². The Balaban J connectivity index is 1.50. The minimum Gasteiger partial charge on any atom is -0.348 e. The van der Waals surface area contributed by atoms with Gasteiger partial charge in [0, 0.05) is 18.5 Å². The molecule has 4 rings (SSSR count). The third kappa shape index (κ3) is 5.71. The molecule has 10 nitrogen and oxygen atoms in total. The number of nitrogens with zero attached hydrogens (tertiary/aromatic N) is 5. The summed E-state index contributed by atoms with van der Waals surface area (Å²) < 4.78 is 19.4. The summed E-state index contributed by atoms with van der Waals surface area (Å²) in [5.74, 6) is -0.430. The second-order valence-corrected chi connectivity index (χ2v) is 9.74. The highest BCUT2D eigenvalue weighted by Gasteiger charge is 2.32. The molecule has 2 aliphatic rings. The van der Waals surface area contributed by atoms with E-state index in [0.717, 1.165) is 25.7 Å². The van der Waals surface area contributed by atoms with E-state index in [0.29, 0.717) is 17.7 Å². The van der Waals surface area contributed by atoms with E-state index in [2.05, 4.69) is 37.7 Å². The Hall–Kier alpha value is -3.37. The van der Waals surface area contributed by atoms with Gasteiger partial charge in [-0.1, -0.05) is 32.0 Å². The number of likely N-dealkylation sites (tertiary alicyclic amines) is 1. The molecule has 11 heteroatoms. The zero-order valence-electron chi connectivity index (χ0n) is 21.2. The zero-order valence-corrected chi connectivity index (χ0v) is 21.2. The van der Waals surface area contributed by atoms with Crippen molar-refractivity contribution in [3.8, 4) is 0 Å². The number of carbonyl (C=O) groups excluding carboxylic acids is 2. The van der Waals surface area contributed by atoms with Crippen LogP contribution < -0.4 is 21.3 Å². The molecule has 36 heavy (non-hydrogen) atoms. The van der Waals surface area contributed by atoms with E-state index in [1.54, 1.807) is 19.1 Å². The molecule has 1 aromatic heterocycles. The Kier molecular flexibility index (Phi) is 7.95. The molecular formula is C25H34FN7O3. The van der Waals surface area contributed by atoms with Gasteiger partial charge in [-0.2, -0.15) is 4.98 Å². The first-order valence-corrected chi connectivity index (χ1v) is 12.7. The molecule has 2 aliphatic heterocycles. The van der Waals surface area contributed by atoms with Gasteiger partial charge in [-0.3, -0.25) is 19.6 Å². The van der Waals surface area contributed by atoms with Crippen molar-refractivity contribution in [1.82, 2.24) is 20.4 Å². The fourth-order valence-electron chi connectivity index (χ4n) is 4.59. The third-order valence-electron chi connectivity index (χ3n) is 6.69. The average Bonchev–Trinajstić information content (AvgIpc) is 3.52. The smallest absolute Gasteiger partial charge is 0.322 e. The van der Waals surface area contributed by atoms with Crippen molar-refractivity contribution in [2.24, 2.45) is 9.98 Å². The van der Waals surface area contributed by atoms with Gasteiger partial charge in [0.2, 0.25) is 11.8 Å². The van der Waals surface area contributed by atoms with Gasteiger partial charge in [0.05, 0.1) is 17.8 Å².